The SMILES string of the molecule is CC(C)(C)CN1CCC[C@@]2(CCN(c3cc(C(=O)NC4CC4)ccn3)C2)C1=O. The minimum atomic E-state index is -0.294. The van der Waals surface area contributed by atoms with Crippen molar-refractivity contribution in [2.24, 2.45) is 10.8 Å². The number of carbonyl (C=O) groups is 2. The highest BCUT2D eigenvalue weighted by Gasteiger charge is 2.49. The van der Waals surface area contributed by atoms with E-state index >= 15 is 0 Å². The van der Waals surface area contributed by atoms with Gasteiger partial charge in [0.05, 0.1) is 5.41 Å². The van der Waals surface area contributed by atoms with E-state index in [-0.39, 0.29) is 16.7 Å². The summed E-state index contributed by atoms with van der Waals surface area (Å²) in [6, 6.07) is 3.98. The Balaban J connectivity index is 1.47. The van der Waals surface area contributed by atoms with Crippen LogP contribution in [0.2, 0.25) is 0 Å². The third-order valence-corrected chi connectivity index (χ3v) is 6.09. The zero-order valence-electron chi connectivity index (χ0n) is 17.3. The second-order valence-electron chi connectivity index (χ2n) is 9.99. The number of hydrogen-bond donors (Lipinski definition) is 1. The number of rotatable bonds is 4. The number of hydrogen-bond acceptors (Lipinski definition) is 4. The van der Waals surface area contributed by atoms with E-state index in [9.17, 15) is 9.59 Å². The molecule has 4 rings (SSSR count). The van der Waals surface area contributed by atoms with Crippen molar-refractivity contribution in [3.05, 3.63) is 23.9 Å². The largest absolute Gasteiger partial charge is 0.355 e. The first-order valence-corrected chi connectivity index (χ1v) is 10.6. The molecule has 0 unspecified atom stereocenters. The van der Waals surface area contributed by atoms with E-state index in [0.29, 0.717) is 24.1 Å². The Kier molecular flexibility index (Phi) is 4.84. The molecule has 1 atom stereocenters. The number of likely N-dealkylation sites (tertiary alicyclic amines) is 1. The number of anilines is 1. The molecule has 0 bridgehead atoms. The molecule has 3 aliphatic rings. The number of nitrogens with one attached hydrogen (secondary N) is 1. The van der Waals surface area contributed by atoms with Gasteiger partial charge in [-0.2, -0.15) is 0 Å². The fourth-order valence-corrected chi connectivity index (χ4v) is 4.55. The van der Waals surface area contributed by atoms with Crippen molar-refractivity contribution >= 4 is 17.6 Å². The summed E-state index contributed by atoms with van der Waals surface area (Å²) in [5.74, 6) is 1.09. The smallest absolute Gasteiger partial charge is 0.251 e. The highest BCUT2D eigenvalue weighted by Crippen LogP contribution is 2.42. The lowest BCUT2D eigenvalue weighted by atomic mass is 9.77. The van der Waals surface area contributed by atoms with Crippen molar-refractivity contribution in [2.75, 3.05) is 31.1 Å². The van der Waals surface area contributed by atoms with Crippen molar-refractivity contribution in [3.63, 3.8) is 0 Å². The van der Waals surface area contributed by atoms with E-state index in [4.69, 9.17) is 0 Å². The van der Waals surface area contributed by atoms with Crippen LogP contribution in [0.4, 0.5) is 5.82 Å². The quantitative estimate of drug-likeness (QED) is 0.867. The maximum absolute atomic E-state index is 13.3. The minimum Gasteiger partial charge on any atom is -0.355 e. The fraction of sp³-hybridized carbons (Fsp3) is 0.682. The molecule has 1 spiro atoms. The number of piperidine rings is 1. The van der Waals surface area contributed by atoms with Crippen LogP contribution in [0.5, 0.6) is 0 Å². The molecule has 0 aromatic carbocycles. The van der Waals surface area contributed by atoms with Gasteiger partial charge in [-0.15, -0.1) is 0 Å². The van der Waals surface area contributed by atoms with Gasteiger partial charge in [-0.1, -0.05) is 20.8 Å². The molecule has 1 aliphatic carbocycles. The van der Waals surface area contributed by atoms with Crippen molar-refractivity contribution in [1.29, 1.82) is 0 Å². The van der Waals surface area contributed by atoms with Crippen molar-refractivity contribution in [1.82, 2.24) is 15.2 Å². The highest BCUT2D eigenvalue weighted by atomic mass is 16.2. The first kappa shape index (κ1) is 19.2. The predicted octanol–water partition coefficient (Wildman–Crippen LogP) is 2.84. The summed E-state index contributed by atoms with van der Waals surface area (Å²) in [7, 11) is 0. The molecule has 152 valence electrons. The van der Waals surface area contributed by atoms with Gasteiger partial charge in [-0.3, -0.25) is 9.59 Å². The Labute approximate surface area is 167 Å². The highest BCUT2D eigenvalue weighted by molar-refractivity contribution is 5.95. The van der Waals surface area contributed by atoms with Gasteiger partial charge in [-0.25, -0.2) is 4.98 Å². The zero-order chi connectivity index (χ0) is 19.9. The van der Waals surface area contributed by atoms with Gasteiger partial charge in [-0.05, 0) is 49.7 Å². The van der Waals surface area contributed by atoms with Crippen molar-refractivity contribution < 1.29 is 9.59 Å². The maximum atomic E-state index is 13.3. The van der Waals surface area contributed by atoms with Crippen LogP contribution in [-0.2, 0) is 4.79 Å². The summed E-state index contributed by atoms with van der Waals surface area (Å²) < 4.78 is 0. The maximum Gasteiger partial charge on any atom is 0.251 e. The number of amides is 2. The monoisotopic (exact) mass is 384 g/mol. The molecule has 2 aliphatic heterocycles. The van der Waals surface area contributed by atoms with E-state index in [2.05, 4.69) is 40.9 Å². The summed E-state index contributed by atoms with van der Waals surface area (Å²) in [5, 5.41) is 3.03. The van der Waals surface area contributed by atoms with E-state index in [1.54, 1.807) is 12.3 Å². The molecule has 1 aromatic rings. The van der Waals surface area contributed by atoms with Crippen LogP contribution in [0.3, 0.4) is 0 Å². The summed E-state index contributed by atoms with van der Waals surface area (Å²) in [6.45, 7) is 9.75. The first-order valence-electron chi connectivity index (χ1n) is 10.6. The third kappa shape index (κ3) is 4.01. The molecule has 6 nitrogen and oxygen atoms in total. The minimum absolute atomic E-state index is 0.0230. The van der Waals surface area contributed by atoms with Crippen LogP contribution >= 0.6 is 0 Å². The molecule has 3 fully saturated rings. The molecule has 1 saturated carbocycles. The molecule has 1 aromatic heterocycles. The summed E-state index contributed by atoms with van der Waals surface area (Å²) in [4.78, 5) is 34.4. The molecular formula is C22H32N4O2. The van der Waals surface area contributed by atoms with E-state index in [1.165, 1.54) is 0 Å². The van der Waals surface area contributed by atoms with Crippen LogP contribution in [-0.4, -0.2) is 53.9 Å². The van der Waals surface area contributed by atoms with Crippen molar-refractivity contribution in [2.45, 2.75) is 58.9 Å². The standard InChI is InChI=1S/C22H32N4O2/c1-21(2,3)14-26-11-4-8-22(20(26)28)9-12-25(15-22)18-13-16(7-10-23-18)19(27)24-17-5-6-17/h7,10,13,17H,4-6,8-9,11-12,14-15H2,1-3H3,(H,24,27)/t22-/m0/s1. The van der Waals surface area contributed by atoms with Crippen LogP contribution in [0.1, 0.15) is 63.2 Å². The summed E-state index contributed by atoms with van der Waals surface area (Å²) in [5.41, 5.74) is 0.469. The molecule has 6 heteroatoms. The Morgan fingerprint density at radius 2 is 2.07 bits per heavy atom. The predicted molar refractivity (Wildman–Crippen MR) is 109 cm³/mol. The molecule has 28 heavy (non-hydrogen) atoms. The van der Waals surface area contributed by atoms with Crippen LogP contribution in [0, 0.1) is 10.8 Å². The Bertz CT molecular complexity index is 768. The molecular weight excluding hydrogens is 352 g/mol. The number of carbonyl (C=O) groups excluding carboxylic acids is 2. The summed E-state index contributed by atoms with van der Waals surface area (Å²) in [6.07, 6.45) is 6.73. The average Bonchev–Trinajstić information content (AvgIpc) is 3.35. The normalized spacial score (nSPS) is 25.5. The Morgan fingerprint density at radius 1 is 1.29 bits per heavy atom. The molecule has 2 amide bonds. The van der Waals surface area contributed by atoms with E-state index in [0.717, 1.165) is 57.6 Å². The number of pyridine rings is 1. The Hall–Kier alpha value is -2.11. The van der Waals surface area contributed by atoms with Crippen molar-refractivity contribution in [3.8, 4) is 0 Å². The lowest BCUT2D eigenvalue weighted by Crippen LogP contribution is -2.52. The average molecular weight is 385 g/mol. The first-order chi connectivity index (χ1) is 13.3. The topological polar surface area (TPSA) is 65.5 Å². The van der Waals surface area contributed by atoms with Gasteiger partial charge < -0.3 is 15.1 Å². The second-order valence-corrected chi connectivity index (χ2v) is 9.99. The Morgan fingerprint density at radius 3 is 2.79 bits per heavy atom. The second kappa shape index (κ2) is 7.05. The van der Waals surface area contributed by atoms with Gasteiger partial charge in [0, 0.05) is 44.0 Å². The van der Waals surface area contributed by atoms with Gasteiger partial charge in [0.1, 0.15) is 5.82 Å². The van der Waals surface area contributed by atoms with Crippen LogP contribution < -0.4 is 10.2 Å². The zero-order valence-corrected chi connectivity index (χ0v) is 17.3. The molecule has 0 radical (unpaired) electrons. The lowest BCUT2D eigenvalue weighted by Gasteiger charge is -2.41. The van der Waals surface area contributed by atoms with Gasteiger partial charge >= 0.3 is 0 Å². The summed E-state index contributed by atoms with van der Waals surface area (Å²) >= 11 is 0. The van der Waals surface area contributed by atoms with Gasteiger partial charge in [0.2, 0.25) is 5.91 Å². The lowest BCUT2D eigenvalue weighted by molar-refractivity contribution is -0.146. The number of aromatic nitrogens is 1. The fourth-order valence-electron chi connectivity index (χ4n) is 4.55. The number of nitrogens with zero attached hydrogens (tertiary/aromatic N) is 3. The molecule has 3 heterocycles. The van der Waals surface area contributed by atoms with Gasteiger partial charge in [0.25, 0.3) is 5.91 Å². The van der Waals surface area contributed by atoms with Crippen LogP contribution in [0.25, 0.3) is 0 Å². The van der Waals surface area contributed by atoms with Gasteiger partial charge in [0.15, 0.2) is 0 Å². The molecule has 2 saturated heterocycles. The third-order valence-electron chi connectivity index (χ3n) is 6.09. The van der Waals surface area contributed by atoms with Crippen LogP contribution in [0.15, 0.2) is 18.3 Å². The van der Waals surface area contributed by atoms with E-state index in [1.807, 2.05) is 6.07 Å². The van der Waals surface area contributed by atoms with E-state index < -0.39 is 0 Å². The molecule has 1 N–H and O–H groups in total.